The Bertz CT molecular complexity index is 267. The molecule has 0 aromatic rings. The zero-order valence-electron chi connectivity index (χ0n) is 13.2. The number of hydrogen-bond acceptors (Lipinski definition) is 2. The van der Waals surface area contributed by atoms with Gasteiger partial charge in [-0.2, -0.15) is 0 Å². The molecule has 1 aliphatic heterocycles. The maximum absolute atomic E-state index is 12.1. The Morgan fingerprint density at radius 1 is 1.32 bits per heavy atom. The van der Waals surface area contributed by atoms with Crippen molar-refractivity contribution in [1.29, 1.82) is 0 Å². The lowest BCUT2D eigenvalue weighted by Gasteiger charge is -2.29. The van der Waals surface area contributed by atoms with Crippen LogP contribution in [-0.4, -0.2) is 36.5 Å². The van der Waals surface area contributed by atoms with Crippen LogP contribution in [0, 0.1) is 11.8 Å². The minimum Gasteiger partial charge on any atom is -0.341 e. The summed E-state index contributed by atoms with van der Waals surface area (Å²) in [6, 6.07) is 0.453. The zero-order valence-corrected chi connectivity index (χ0v) is 13.2. The molecule has 0 aliphatic carbocycles. The SMILES string of the molecule is CCCNC(CN1CC(CCC)CC1=O)C(C)CC. The summed E-state index contributed by atoms with van der Waals surface area (Å²) in [4.78, 5) is 14.2. The maximum atomic E-state index is 12.1. The molecule has 112 valence electrons. The van der Waals surface area contributed by atoms with Crippen molar-refractivity contribution in [2.75, 3.05) is 19.6 Å². The van der Waals surface area contributed by atoms with Gasteiger partial charge in [-0.15, -0.1) is 0 Å². The first-order valence-electron chi connectivity index (χ1n) is 8.13. The molecule has 1 fully saturated rings. The summed E-state index contributed by atoms with van der Waals surface area (Å²) < 4.78 is 0. The lowest BCUT2D eigenvalue weighted by atomic mass is 9.98. The maximum Gasteiger partial charge on any atom is 0.222 e. The van der Waals surface area contributed by atoms with Gasteiger partial charge < -0.3 is 10.2 Å². The first-order valence-corrected chi connectivity index (χ1v) is 8.13. The third kappa shape index (κ3) is 5.13. The summed E-state index contributed by atoms with van der Waals surface area (Å²) in [5.74, 6) is 1.59. The Hall–Kier alpha value is -0.570. The van der Waals surface area contributed by atoms with Gasteiger partial charge >= 0.3 is 0 Å². The van der Waals surface area contributed by atoms with Crippen molar-refractivity contribution in [2.24, 2.45) is 11.8 Å². The highest BCUT2D eigenvalue weighted by Crippen LogP contribution is 2.23. The minimum absolute atomic E-state index is 0.366. The predicted octanol–water partition coefficient (Wildman–Crippen LogP) is 3.05. The van der Waals surface area contributed by atoms with Crippen molar-refractivity contribution in [3.8, 4) is 0 Å². The quantitative estimate of drug-likeness (QED) is 0.697. The summed E-state index contributed by atoms with van der Waals surface area (Å²) in [5.41, 5.74) is 0. The van der Waals surface area contributed by atoms with E-state index < -0.39 is 0 Å². The lowest BCUT2D eigenvalue weighted by molar-refractivity contribution is -0.128. The fourth-order valence-electron chi connectivity index (χ4n) is 2.93. The van der Waals surface area contributed by atoms with E-state index in [9.17, 15) is 4.79 Å². The van der Waals surface area contributed by atoms with Crippen LogP contribution in [0.4, 0.5) is 0 Å². The minimum atomic E-state index is 0.366. The molecule has 3 unspecified atom stereocenters. The second-order valence-electron chi connectivity index (χ2n) is 6.10. The lowest BCUT2D eigenvalue weighted by Crippen LogP contribution is -2.45. The van der Waals surface area contributed by atoms with E-state index >= 15 is 0 Å². The highest BCUT2D eigenvalue weighted by atomic mass is 16.2. The molecule has 19 heavy (non-hydrogen) atoms. The number of likely N-dealkylation sites (tertiary alicyclic amines) is 1. The van der Waals surface area contributed by atoms with Gasteiger partial charge in [0.25, 0.3) is 0 Å². The van der Waals surface area contributed by atoms with Gasteiger partial charge in [0.2, 0.25) is 5.91 Å². The molecule has 0 aromatic carbocycles. The molecule has 3 heteroatoms. The number of carbonyl (C=O) groups is 1. The van der Waals surface area contributed by atoms with E-state index in [1.54, 1.807) is 0 Å². The molecule has 3 atom stereocenters. The van der Waals surface area contributed by atoms with Crippen LogP contribution in [0.3, 0.4) is 0 Å². The Morgan fingerprint density at radius 3 is 2.63 bits per heavy atom. The monoisotopic (exact) mass is 268 g/mol. The Labute approximate surface area is 119 Å². The van der Waals surface area contributed by atoms with Crippen molar-refractivity contribution in [3.63, 3.8) is 0 Å². The van der Waals surface area contributed by atoms with Crippen LogP contribution in [0.5, 0.6) is 0 Å². The normalized spacial score (nSPS) is 22.8. The number of amides is 1. The molecule has 1 amide bonds. The second kappa shape index (κ2) is 8.57. The van der Waals surface area contributed by atoms with Gasteiger partial charge in [-0.05, 0) is 31.2 Å². The molecule has 0 spiro atoms. The summed E-state index contributed by atoms with van der Waals surface area (Å²) in [6.45, 7) is 11.8. The molecule has 1 N–H and O–H groups in total. The molecule has 0 saturated carbocycles. The molecule has 1 aliphatic rings. The van der Waals surface area contributed by atoms with E-state index in [2.05, 4.69) is 37.9 Å². The van der Waals surface area contributed by atoms with Crippen LogP contribution in [0.2, 0.25) is 0 Å². The summed E-state index contributed by atoms with van der Waals surface area (Å²) >= 11 is 0. The highest BCUT2D eigenvalue weighted by molar-refractivity contribution is 5.78. The van der Waals surface area contributed by atoms with Crippen molar-refractivity contribution >= 4 is 5.91 Å². The molecule has 1 rings (SSSR count). The fourth-order valence-corrected chi connectivity index (χ4v) is 2.93. The average Bonchev–Trinajstić information content (AvgIpc) is 2.74. The number of hydrogen-bond donors (Lipinski definition) is 1. The van der Waals surface area contributed by atoms with Gasteiger partial charge in [0.15, 0.2) is 0 Å². The predicted molar refractivity (Wildman–Crippen MR) is 81.1 cm³/mol. The highest BCUT2D eigenvalue weighted by Gasteiger charge is 2.31. The van der Waals surface area contributed by atoms with E-state index in [0.29, 0.717) is 23.8 Å². The number of nitrogens with one attached hydrogen (secondary N) is 1. The van der Waals surface area contributed by atoms with Crippen molar-refractivity contribution in [1.82, 2.24) is 10.2 Å². The van der Waals surface area contributed by atoms with Gasteiger partial charge in [0, 0.05) is 25.6 Å². The van der Waals surface area contributed by atoms with Gasteiger partial charge in [0.1, 0.15) is 0 Å². The third-order valence-electron chi connectivity index (χ3n) is 4.40. The van der Waals surface area contributed by atoms with E-state index in [1.807, 2.05) is 0 Å². The van der Waals surface area contributed by atoms with Crippen molar-refractivity contribution < 1.29 is 4.79 Å². The van der Waals surface area contributed by atoms with Crippen LogP contribution in [0.15, 0.2) is 0 Å². The van der Waals surface area contributed by atoms with Crippen molar-refractivity contribution in [3.05, 3.63) is 0 Å². The van der Waals surface area contributed by atoms with Crippen molar-refractivity contribution in [2.45, 2.75) is 65.8 Å². The smallest absolute Gasteiger partial charge is 0.222 e. The molecule has 3 nitrogen and oxygen atoms in total. The largest absolute Gasteiger partial charge is 0.341 e. The molecule has 0 aromatic heterocycles. The average molecular weight is 268 g/mol. The first kappa shape index (κ1) is 16.5. The number of carbonyl (C=O) groups excluding carboxylic acids is 1. The summed E-state index contributed by atoms with van der Waals surface area (Å²) in [7, 11) is 0. The molecular formula is C16H32N2O. The van der Waals surface area contributed by atoms with Crippen LogP contribution < -0.4 is 5.32 Å². The van der Waals surface area contributed by atoms with E-state index in [-0.39, 0.29) is 0 Å². The van der Waals surface area contributed by atoms with E-state index in [0.717, 1.165) is 32.5 Å². The zero-order chi connectivity index (χ0) is 14.3. The van der Waals surface area contributed by atoms with E-state index in [4.69, 9.17) is 0 Å². The van der Waals surface area contributed by atoms with Gasteiger partial charge in [-0.3, -0.25) is 4.79 Å². The second-order valence-corrected chi connectivity index (χ2v) is 6.10. The van der Waals surface area contributed by atoms with E-state index in [1.165, 1.54) is 19.3 Å². The Balaban J connectivity index is 2.51. The molecular weight excluding hydrogens is 236 g/mol. The third-order valence-corrected chi connectivity index (χ3v) is 4.40. The fraction of sp³-hybridized carbons (Fsp3) is 0.938. The number of nitrogens with zero attached hydrogens (tertiary/aromatic N) is 1. The summed E-state index contributed by atoms with van der Waals surface area (Å²) in [5, 5.41) is 3.62. The first-order chi connectivity index (χ1) is 9.12. The topological polar surface area (TPSA) is 32.3 Å². The Morgan fingerprint density at radius 2 is 2.05 bits per heavy atom. The molecule has 0 radical (unpaired) electrons. The number of rotatable bonds is 9. The van der Waals surface area contributed by atoms with Crippen LogP contribution in [-0.2, 0) is 4.79 Å². The van der Waals surface area contributed by atoms with Gasteiger partial charge in [-0.1, -0.05) is 40.5 Å². The molecule has 1 saturated heterocycles. The summed E-state index contributed by atoms with van der Waals surface area (Å²) in [6.07, 6.45) is 5.48. The van der Waals surface area contributed by atoms with Crippen LogP contribution in [0.25, 0.3) is 0 Å². The molecule has 0 bridgehead atoms. The van der Waals surface area contributed by atoms with Crippen LogP contribution in [0.1, 0.15) is 59.8 Å². The van der Waals surface area contributed by atoms with Crippen LogP contribution >= 0.6 is 0 Å². The standard InChI is InChI=1S/C16H32N2O/c1-5-8-14-10-16(19)18(11-14)12-15(13(4)7-3)17-9-6-2/h13-15,17H,5-12H2,1-4H3. The Kier molecular flexibility index (Phi) is 7.44. The van der Waals surface area contributed by atoms with Gasteiger partial charge in [0.05, 0.1) is 0 Å². The molecule has 1 heterocycles. The van der Waals surface area contributed by atoms with Gasteiger partial charge in [-0.25, -0.2) is 0 Å².